The minimum Gasteiger partial charge on any atom is -0.350 e. The lowest BCUT2D eigenvalue weighted by Crippen LogP contribution is -2.54. The zero-order valence-corrected chi connectivity index (χ0v) is 14.9. The van der Waals surface area contributed by atoms with Crippen molar-refractivity contribution in [3.8, 4) is 0 Å². The topological polar surface area (TPSA) is 54.0 Å². The number of rotatable bonds is 4. The van der Waals surface area contributed by atoms with Crippen LogP contribution in [0.5, 0.6) is 0 Å². The molecular formula is C18H27N3OS. The van der Waals surface area contributed by atoms with Gasteiger partial charge in [-0.2, -0.15) is 0 Å². The van der Waals surface area contributed by atoms with Gasteiger partial charge in [0.1, 0.15) is 10.7 Å². The van der Waals surface area contributed by atoms with Crippen molar-refractivity contribution in [2.75, 3.05) is 13.1 Å². The highest BCUT2D eigenvalue weighted by atomic mass is 32.1. The fourth-order valence-electron chi connectivity index (χ4n) is 4.97. The molecule has 4 atom stereocenters. The summed E-state index contributed by atoms with van der Waals surface area (Å²) in [5.41, 5.74) is 1.08. The van der Waals surface area contributed by atoms with Gasteiger partial charge in [0.05, 0.1) is 6.04 Å². The number of aromatic nitrogens is 1. The van der Waals surface area contributed by atoms with Gasteiger partial charge in [0, 0.05) is 11.9 Å². The van der Waals surface area contributed by atoms with E-state index < -0.39 is 0 Å². The van der Waals surface area contributed by atoms with Crippen LogP contribution in [0.3, 0.4) is 0 Å². The van der Waals surface area contributed by atoms with Crippen molar-refractivity contribution in [1.82, 2.24) is 15.6 Å². The monoisotopic (exact) mass is 333 g/mol. The van der Waals surface area contributed by atoms with E-state index in [1.54, 1.807) is 11.3 Å². The van der Waals surface area contributed by atoms with Crippen LogP contribution in [0.1, 0.15) is 67.5 Å². The molecule has 5 heteroatoms. The molecule has 5 rings (SSSR count). The molecule has 1 aromatic heterocycles. The third-order valence-electron chi connectivity index (χ3n) is 6.64. The van der Waals surface area contributed by atoms with Gasteiger partial charge in [-0.1, -0.05) is 13.8 Å². The Morgan fingerprint density at radius 2 is 2.30 bits per heavy atom. The van der Waals surface area contributed by atoms with E-state index in [9.17, 15) is 4.79 Å². The Morgan fingerprint density at radius 3 is 3.00 bits per heavy atom. The quantitative estimate of drug-likeness (QED) is 0.888. The summed E-state index contributed by atoms with van der Waals surface area (Å²) in [6.07, 6.45) is 6.30. The molecule has 0 aromatic carbocycles. The van der Waals surface area contributed by atoms with Crippen LogP contribution < -0.4 is 10.6 Å². The average molecular weight is 334 g/mol. The highest BCUT2D eigenvalue weighted by Gasteiger charge is 2.53. The standard InChI is InChI=1S/C18H27N3OS/c1-18(2)12-6-5-11(13(18)8-12)9-20-16(22)15-10-23-17(21-15)14-4-3-7-19-14/h10-14,19H,3-9H2,1-2H3,(H,20,22). The highest BCUT2D eigenvalue weighted by molar-refractivity contribution is 7.09. The van der Waals surface area contributed by atoms with Gasteiger partial charge >= 0.3 is 0 Å². The normalized spacial score (nSPS) is 34.9. The molecule has 1 aliphatic heterocycles. The molecule has 126 valence electrons. The number of hydrogen-bond donors (Lipinski definition) is 2. The predicted molar refractivity (Wildman–Crippen MR) is 92.5 cm³/mol. The number of carbonyl (C=O) groups excluding carboxylic acids is 1. The fourth-order valence-corrected chi connectivity index (χ4v) is 5.88. The second kappa shape index (κ2) is 5.85. The lowest BCUT2D eigenvalue weighted by Gasteiger charge is -2.60. The van der Waals surface area contributed by atoms with Crippen LogP contribution in [0.15, 0.2) is 5.38 Å². The summed E-state index contributed by atoms with van der Waals surface area (Å²) in [6, 6.07) is 0.354. The molecule has 2 heterocycles. The number of amides is 1. The van der Waals surface area contributed by atoms with Gasteiger partial charge in [0.25, 0.3) is 5.91 Å². The molecule has 1 saturated heterocycles. The Morgan fingerprint density at radius 1 is 1.43 bits per heavy atom. The maximum Gasteiger partial charge on any atom is 0.270 e. The van der Waals surface area contributed by atoms with Crippen molar-refractivity contribution in [3.05, 3.63) is 16.1 Å². The number of carbonyl (C=O) groups is 1. The van der Waals surface area contributed by atoms with Crippen LogP contribution in [0.2, 0.25) is 0 Å². The highest BCUT2D eigenvalue weighted by Crippen LogP contribution is 2.61. The summed E-state index contributed by atoms with van der Waals surface area (Å²) in [7, 11) is 0. The van der Waals surface area contributed by atoms with E-state index in [4.69, 9.17) is 0 Å². The number of thiazole rings is 1. The Kier molecular flexibility index (Phi) is 3.96. The number of nitrogens with zero attached hydrogens (tertiary/aromatic N) is 1. The van der Waals surface area contributed by atoms with Crippen molar-refractivity contribution >= 4 is 17.2 Å². The molecular weight excluding hydrogens is 306 g/mol. The molecule has 4 fully saturated rings. The van der Waals surface area contributed by atoms with Crippen LogP contribution in [0, 0.1) is 23.2 Å². The van der Waals surface area contributed by atoms with E-state index >= 15 is 0 Å². The molecule has 23 heavy (non-hydrogen) atoms. The van der Waals surface area contributed by atoms with Crippen LogP contribution in [0.4, 0.5) is 0 Å². The van der Waals surface area contributed by atoms with E-state index in [1.165, 1.54) is 25.7 Å². The van der Waals surface area contributed by atoms with Gasteiger partial charge in [-0.15, -0.1) is 11.3 Å². The Balaban J connectivity index is 1.33. The number of hydrogen-bond acceptors (Lipinski definition) is 4. The SMILES string of the molecule is CC1(C)C2CCC(CNC(=O)c3csc(C4CCCN4)n3)C1C2. The molecule has 4 unspecified atom stereocenters. The van der Waals surface area contributed by atoms with Crippen molar-refractivity contribution in [3.63, 3.8) is 0 Å². The van der Waals surface area contributed by atoms with Gasteiger partial charge in [0.15, 0.2) is 0 Å². The largest absolute Gasteiger partial charge is 0.350 e. The molecule has 1 aromatic rings. The van der Waals surface area contributed by atoms with Gasteiger partial charge in [-0.05, 0) is 61.8 Å². The van der Waals surface area contributed by atoms with Crippen LogP contribution in [0.25, 0.3) is 0 Å². The minimum atomic E-state index is 0.00440. The maximum absolute atomic E-state index is 12.4. The summed E-state index contributed by atoms with van der Waals surface area (Å²) in [5, 5.41) is 9.57. The fraction of sp³-hybridized carbons (Fsp3) is 0.778. The molecule has 4 aliphatic rings. The first-order valence-corrected chi connectivity index (χ1v) is 9.90. The lowest BCUT2D eigenvalue weighted by molar-refractivity contribution is -0.103. The zero-order valence-electron chi connectivity index (χ0n) is 14.1. The molecule has 3 saturated carbocycles. The molecule has 2 N–H and O–H groups in total. The van der Waals surface area contributed by atoms with Gasteiger partial charge < -0.3 is 10.6 Å². The first-order valence-electron chi connectivity index (χ1n) is 9.02. The van der Waals surface area contributed by atoms with Crippen molar-refractivity contribution in [2.24, 2.45) is 23.2 Å². The summed E-state index contributed by atoms with van der Waals surface area (Å²) in [6.45, 7) is 6.68. The van der Waals surface area contributed by atoms with Gasteiger partial charge in [-0.25, -0.2) is 4.98 Å². The number of fused-ring (bicyclic) bond motifs is 2. The Hall–Kier alpha value is -0.940. The predicted octanol–water partition coefficient (Wildman–Crippen LogP) is 3.37. The first-order chi connectivity index (χ1) is 11.1. The molecule has 3 aliphatic carbocycles. The van der Waals surface area contributed by atoms with Gasteiger partial charge in [0.2, 0.25) is 0 Å². The van der Waals surface area contributed by atoms with Crippen LogP contribution in [-0.4, -0.2) is 24.0 Å². The summed E-state index contributed by atoms with van der Waals surface area (Å²) in [5.74, 6) is 2.35. The van der Waals surface area contributed by atoms with Crippen molar-refractivity contribution in [1.29, 1.82) is 0 Å². The van der Waals surface area contributed by atoms with E-state index in [-0.39, 0.29) is 5.91 Å². The summed E-state index contributed by atoms with van der Waals surface area (Å²) < 4.78 is 0. The average Bonchev–Trinajstić information content (AvgIpc) is 3.23. The van der Waals surface area contributed by atoms with E-state index in [0.29, 0.717) is 23.1 Å². The van der Waals surface area contributed by atoms with E-state index in [1.807, 2.05) is 5.38 Å². The second-order valence-electron chi connectivity index (χ2n) is 8.13. The first kappa shape index (κ1) is 15.6. The third kappa shape index (κ3) is 2.72. The van der Waals surface area contributed by atoms with E-state index in [2.05, 4.69) is 29.5 Å². The molecule has 0 radical (unpaired) electrons. The molecule has 1 amide bonds. The van der Waals surface area contributed by atoms with Crippen LogP contribution in [-0.2, 0) is 0 Å². The third-order valence-corrected chi connectivity index (χ3v) is 7.60. The minimum absolute atomic E-state index is 0.00440. The number of nitrogens with one attached hydrogen (secondary N) is 2. The van der Waals surface area contributed by atoms with Gasteiger partial charge in [-0.3, -0.25) is 4.79 Å². The molecule has 2 bridgehead atoms. The summed E-state index contributed by atoms with van der Waals surface area (Å²) in [4.78, 5) is 17.0. The zero-order chi connectivity index (χ0) is 16.0. The van der Waals surface area contributed by atoms with Crippen LogP contribution >= 0.6 is 11.3 Å². The molecule has 0 spiro atoms. The molecule has 4 nitrogen and oxygen atoms in total. The lowest BCUT2D eigenvalue weighted by atomic mass is 9.45. The maximum atomic E-state index is 12.4. The second-order valence-corrected chi connectivity index (χ2v) is 9.02. The Bertz CT molecular complexity index is 589. The summed E-state index contributed by atoms with van der Waals surface area (Å²) >= 11 is 1.61. The van der Waals surface area contributed by atoms with E-state index in [0.717, 1.165) is 36.4 Å². The smallest absolute Gasteiger partial charge is 0.270 e. The Labute approximate surface area is 142 Å². The van der Waals surface area contributed by atoms with Crippen molar-refractivity contribution < 1.29 is 4.79 Å². The van der Waals surface area contributed by atoms with Crippen molar-refractivity contribution in [2.45, 2.75) is 52.0 Å².